The van der Waals surface area contributed by atoms with Gasteiger partial charge in [0.15, 0.2) is 11.6 Å². The van der Waals surface area contributed by atoms with Crippen LogP contribution in [0.5, 0.6) is 0 Å². The van der Waals surface area contributed by atoms with Gasteiger partial charge in [0.1, 0.15) is 6.04 Å². The molecule has 1 aliphatic rings. The summed E-state index contributed by atoms with van der Waals surface area (Å²) >= 11 is 0. The van der Waals surface area contributed by atoms with Crippen LogP contribution in [0.4, 0.5) is 14.5 Å². The van der Waals surface area contributed by atoms with Crippen molar-refractivity contribution in [3.63, 3.8) is 0 Å². The average Bonchev–Trinajstić information content (AvgIpc) is 3.10. The smallest absolute Gasteiger partial charge is 0.246 e. The van der Waals surface area contributed by atoms with E-state index in [1.807, 2.05) is 31.2 Å². The van der Waals surface area contributed by atoms with Gasteiger partial charge in [-0.1, -0.05) is 23.8 Å². The average molecular weight is 401 g/mol. The first-order valence-electron chi connectivity index (χ1n) is 9.14. The van der Waals surface area contributed by atoms with Gasteiger partial charge in [-0.3, -0.25) is 14.4 Å². The lowest BCUT2D eigenvalue weighted by Crippen LogP contribution is -2.42. The van der Waals surface area contributed by atoms with E-state index in [1.165, 1.54) is 18.0 Å². The van der Waals surface area contributed by atoms with Gasteiger partial charge < -0.3 is 15.5 Å². The number of rotatable bonds is 5. The molecule has 3 rings (SSSR count). The molecule has 0 bridgehead atoms. The highest BCUT2D eigenvalue weighted by atomic mass is 19.2. The number of halogens is 2. The molecule has 6 nitrogen and oxygen atoms in total. The van der Waals surface area contributed by atoms with Gasteiger partial charge in [0, 0.05) is 25.7 Å². The van der Waals surface area contributed by atoms with Crippen LogP contribution in [0.3, 0.4) is 0 Å². The van der Waals surface area contributed by atoms with Gasteiger partial charge in [0.2, 0.25) is 17.7 Å². The molecule has 0 aliphatic carbocycles. The predicted octanol–water partition coefficient (Wildman–Crippen LogP) is 2.23. The van der Waals surface area contributed by atoms with Crippen LogP contribution in [0.25, 0.3) is 0 Å². The number of hydrogen-bond acceptors (Lipinski definition) is 3. The third-order valence-electron chi connectivity index (χ3n) is 4.91. The van der Waals surface area contributed by atoms with E-state index < -0.39 is 35.4 Å². The van der Waals surface area contributed by atoms with Crippen molar-refractivity contribution in [1.29, 1.82) is 0 Å². The number of carbonyl (C=O) groups excluding carboxylic acids is 3. The maximum atomic E-state index is 13.6. The van der Waals surface area contributed by atoms with Crippen molar-refractivity contribution < 1.29 is 23.2 Å². The minimum atomic E-state index is -1.20. The van der Waals surface area contributed by atoms with Crippen molar-refractivity contribution in [2.24, 2.45) is 5.92 Å². The molecule has 3 amide bonds. The fraction of sp³-hybridized carbons (Fsp3) is 0.286. The molecule has 2 N–H and O–H groups in total. The number of anilines is 1. The first kappa shape index (κ1) is 20.4. The van der Waals surface area contributed by atoms with Gasteiger partial charge in [-0.2, -0.15) is 0 Å². The fourth-order valence-electron chi connectivity index (χ4n) is 3.25. The minimum absolute atomic E-state index is 0.00203. The fourth-order valence-corrected chi connectivity index (χ4v) is 3.25. The minimum Gasteiger partial charge on any atom is -0.357 e. The molecule has 1 aliphatic heterocycles. The first-order chi connectivity index (χ1) is 13.8. The van der Waals surface area contributed by atoms with Gasteiger partial charge in [0.05, 0.1) is 5.92 Å². The van der Waals surface area contributed by atoms with Crippen LogP contribution in [0.15, 0.2) is 42.5 Å². The van der Waals surface area contributed by atoms with E-state index in [9.17, 15) is 23.2 Å². The molecule has 0 spiro atoms. The number of benzene rings is 2. The summed E-state index contributed by atoms with van der Waals surface area (Å²) < 4.78 is 26.8. The van der Waals surface area contributed by atoms with Crippen LogP contribution in [0.2, 0.25) is 0 Å². The van der Waals surface area contributed by atoms with Crippen molar-refractivity contribution in [3.8, 4) is 0 Å². The Bertz CT molecular complexity index is 947. The predicted molar refractivity (Wildman–Crippen MR) is 103 cm³/mol. The summed E-state index contributed by atoms with van der Waals surface area (Å²) in [5, 5.41) is 4.95. The van der Waals surface area contributed by atoms with Crippen molar-refractivity contribution >= 4 is 23.4 Å². The van der Waals surface area contributed by atoms with Crippen molar-refractivity contribution in [3.05, 3.63) is 65.2 Å². The number of nitrogens with zero attached hydrogens (tertiary/aromatic N) is 1. The van der Waals surface area contributed by atoms with Gasteiger partial charge in [-0.15, -0.1) is 0 Å². The second kappa shape index (κ2) is 8.38. The molecule has 1 saturated heterocycles. The number of nitrogens with one attached hydrogen (secondary N) is 2. The normalized spacial score (nSPS) is 17.2. The third kappa shape index (κ3) is 4.42. The molecule has 0 saturated carbocycles. The van der Waals surface area contributed by atoms with E-state index in [2.05, 4.69) is 10.6 Å². The molecule has 152 valence electrons. The number of likely N-dealkylation sites (N-methyl/N-ethyl adjacent to an activating group) is 1. The molecule has 2 atom stereocenters. The molecular formula is C21H21F2N3O3. The van der Waals surface area contributed by atoms with Gasteiger partial charge in [0.25, 0.3) is 0 Å². The summed E-state index contributed by atoms with van der Waals surface area (Å²) in [6.45, 7) is 2.11. The topological polar surface area (TPSA) is 78.5 Å². The van der Waals surface area contributed by atoms with Crippen LogP contribution < -0.4 is 15.5 Å². The Morgan fingerprint density at radius 1 is 1.10 bits per heavy atom. The van der Waals surface area contributed by atoms with Gasteiger partial charge >= 0.3 is 0 Å². The van der Waals surface area contributed by atoms with Crippen LogP contribution in [-0.4, -0.2) is 31.3 Å². The Labute approximate surface area is 166 Å². The summed E-state index contributed by atoms with van der Waals surface area (Å²) in [5.41, 5.74) is 1.85. The number of aryl methyl sites for hydroxylation is 1. The Hall–Kier alpha value is -3.29. The van der Waals surface area contributed by atoms with Crippen molar-refractivity contribution in [1.82, 2.24) is 10.6 Å². The zero-order valence-corrected chi connectivity index (χ0v) is 16.0. The SMILES string of the molecule is CNC(=O)C(NC(=O)C1CC(=O)N(c2ccc(C)cc2)C1)c1ccc(F)c(F)c1. The van der Waals surface area contributed by atoms with E-state index in [1.54, 1.807) is 0 Å². The van der Waals surface area contributed by atoms with Crippen LogP contribution in [0.1, 0.15) is 23.6 Å². The Kier molecular flexibility index (Phi) is 5.91. The number of amides is 3. The molecule has 2 aromatic carbocycles. The van der Waals surface area contributed by atoms with Crippen molar-refractivity contribution in [2.75, 3.05) is 18.5 Å². The zero-order chi connectivity index (χ0) is 21.1. The van der Waals surface area contributed by atoms with Crippen LogP contribution in [-0.2, 0) is 14.4 Å². The number of hydrogen-bond donors (Lipinski definition) is 2. The summed E-state index contributed by atoms with van der Waals surface area (Å²) in [6, 6.07) is 9.16. The van der Waals surface area contributed by atoms with E-state index in [0.29, 0.717) is 5.69 Å². The van der Waals surface area contributed by atoms with Gasteiger partial charge in [-0.25, -0.2) is 8.78 Å². The molecular weight excluding hydrogens is 380 g/mol. The third-order valence-corrected chi connectivity index (χ3v) is 4.91. The quantitative estimate of drug-likeness (QED) is 0.807. The Balaban J connectivity index is 1.76. The molecule has 0 aromatic heterocycles. The zero-order valence-electron chi connectivity index (χ0n) is 16.0. The summed E-state index contributed by atoms with van der Waals surface area (Å²) in [7, 11) is 1.37. The molecule has 0 radical (unpaired) electrons. The van der Waals surface area contributed by atoms with Crippen molar-refractivity contribution in [2.45, 2.75) is 19.4 Å². The Morgan fingerprint density at radius 3 is 2.41 bits per heavy atom. The lowest BCUT2D eigenvalue weighted by Gasteiger charge is -2.20. The molecule has 1 heterocycles. The van der Waals surface area contributed by atoms with Crippen LogP contribution >= 0.6 is 0 Å². The number of carbonyl (C=O) groups is 3. The maximum Gasteiger partial charge on any atom is 0.246 e. The lowest BCUT2D eigenvalue weighted by molar-refractivity contribution is -0.131. The van der Waals surface area contributed by atoms with E-state index in [0.717, 1.165) is 17.7 Å². The molecule has 8 heteroatoms. The molecule has 29 heavy (non-hydrogen) atoms. The first-order valence-corrected chi connectivity index (χ1v) is 9.14. The van der Waals surface area contributed by atoms with E-state index in [-0.39, 0.29) is 24.4 Å². The van der Waals surface area contributed by atoms with E-state index in [4.69, 9.17) is 0 Å². The largest absolute Gasteiger partial charge is 0.357 e. The lowest BCUT2D eigenvalue weighted by atomic mass is 10.0. The second-order valence-electron chi connectivity index (χ2n) is 6.97. The Morgan fingerprint density at radius 2 is 1.79 bits per heavy atom. The van der Waals surface area contributed by atoms with Gasteiger partial charge in [-0.05, 0) is 36.8 Å². The molecule has 1 fully saturated rings. The maximum absolute atomic E-state index is 13.6. The summed E-state index contributed by atoms with van der Waals surface area (Å²) in [5.74, 6) is -4.12. The standard InChI is InChI=1S/C21H21F2N3O3/c1-12-3-6-15(7-4-12)26-11-14(10-18(26)27)20(28)25-19(21(29)24-2)13-5-8-16(22)17(23)9-13/h3-9,14,19H,10-11H2,1-2H3,(H,24,29)(H,25,28). The van der Waals surface area contributed by atoms with E-state index >= 15 is 0 Å². The highest BCUT2D eigenvalue weighted by Crippen LogP contribution is 2.26. The monoisotopic (exact) mass is 401 g/mol. The molecule has 2 unspecified atom stereocenters. The van der Waals surface area contributed by atoms with Crippen LogP contribution in [0, 0.1) is 24.5 Å². The summed E-state index contributed by atoms with van der Waals surface area (Å²) in [4.78, 5) is 38.9. The second-order valence-corrected chi connectivity index (χ2v) is 6.97. The summed E-state index contributed by atoms with van der Waals surface area (Å²) in [6.07, 6.45) is -0.00203. The molecule has 2 aromatic rings. The highest BCUT2D eigenvalue weighted by Gasteiger charge is 2.36. The highest BCUT2D eigenvalue weighted by molar-refractivity contribution is 6.01.